The van der Waals surface area contributed by atoms with E-state index in [1.54, 1.807) is 6.20 Å². The normalized spacial score (nSPS) is 16.5. The molecule has 1 atom stereocenters. The Kier molecular flexibility index (Phi) is 5.59. The molecule has 2 heterocycles. The SMILES string of the molecule is Cc1ccc(CC(NC(=O)C2CCNCC2)c2ccccn2)cc1. The van der Waals surface area contributed by atoms with Gasteiger partial charge in [-0.1, -0.05) is 35.9 Å². The van der Waals surface area contributed by atoms with Gasteiger partial charge in [0.2, 0.25) is 5.91 Å². The van der Waals surface area contributed by atoms with Gasteiger partial charge < -0.3 is 10.6 Å². The molecule has 0 bridgehead atoms. The van der Waals surface area contributed by atoms with Crippen LogP contribution in [0.2, 0.25) is 0 Å². The number of hydrogen-bond acceptors (Lipinski definition) is 3. The third kappa shape index (κ3) is 4.42. The number of pyridine rings is 1. The summed E-state index contributed by atoms with van der Waals surface area (Å²) in [5, 5.41) is 6.54. The molecule has 1 aromatic heterocycles. The standard InChI is InChI=1S/C20H25N3O/c1-15-5-7-16(8-6-15)14-19(18-4-2-3-11-22-18)23-20(24)17-9-12-21-13-10-17/h2-8,11,17,19,21H,9-10,12-14H2,1H3,(H,23,24). The minimum absolute atomic E-state index is 0.0868. The summed E-state index contributed by atoms with van der Waals surface area (Å²) < 4.78 is 0. The van der Waals surface area contributed by atoms with Crippen molar-refractivity contribution in [3.8, 4) is 0 Å². The van der Waals surface area contributed by atoms with E-state index in [0.29, 0.717) is 0 Å². The third-order valence-corrected chi connectivity index (χ3v) is 4.63. The summed E-state index contributed by atoms with van der Waals surface area (Å²) in [6.07, 6.45) is 4.36. The number of aryl methyl sites for hydroxylation is 1. The highest BCUT2D eigenvalue weighted by Crippen LogP contribution is 2.19. The molecule has 0 radical (unpaired) electrons. The first-order valence-corrected chi connectivity index (χ1v) is 8.70. The van der Waals surface area contributed by atoms with Gasteiger partial charge in [-0.15, -0.1) is 0 Å². The van der Waals surface area contributed by atoms with Crippen LogP contribution in [0.15, 0.2) is 48.7 Å². The smallest absolute Gasteiger partial charge is 0.223 e. The van der Waals surface area contributed by atoms with Gasteiger partial charge in [0.25, 0.3) is 0 Å². The van der Waals surface area contributed by atoms with E-state index < -0.39 is 0 Å². The summed E-state index contributed by atoms with van der Waals surface area (Å²) in [6, 6.07) is 14.3. The van der Waals surface area contributed by atoms with E-state index in [4.69, 9.17) is 0 Å². The number of carbonyl (C=O) groups excluding carboxylic acids is 1. The number of amides is 1. The molecule has 2 aromatic rings. The van der Waals surface area contributed by atoms with Crippen LogP contribution in [0, 0.1) is 12.8 Å². The Balaban J connectivity index is 1.74. The van der Waals surface area contributed by atoms with E-state index >= 15 is 0 Å². The first-order chi connectivity index (χ1) is 11.7. The number of benzene rings is 1. The van der Waals surface area contributed by atoms with Crippen LogP contribution in [0.4, 0.5) is 0 Å². The maximum absolute atomic E-state index is 12.7. The molecule has 1 aliphatic heterocycles. The maximum atomic E-state index is 12.7. The first kappa shape index (κ1) is 16.7. The minimum Gasteiger partial charge on any atom is -0.347 e. The predicted octanol–water partition coefficient (Wildman–Crippen LogP) is 2.79. The molecule has 0 spiro atoms. The van der Waals surface area contributed by atoms with Crippen LogP contribution in [0.5, 0.6) is 0 Å². The van der Waals surface area contributed by atoms with Crippen molar-refractivity contribution in [2.75, 3.05) is 13.1 Å². The molecule has 1 aliphatic rings. The molecule has 126 valence electrons. The second-order valence-corrected chi connectivity index (χ2v) is 6.53. The molecule has 1 amide bonds. The van der Waals surface area contributed by atoms with Gasteiger partial charge in [0, 0.05) is 12.1 Å². The predicted molar refractivity (Wildman–Crippen MR) is 95.6 cm³/mol. The number of piperidine rings is 1. The topological polar surface area (TPSA) is 54.0 Å². The lowest BCUT2D eigenvalue weighted by Gasteiger charge is -2.25. The van der Waals surface area contributed by atoms with Gasteiger partial charge in [-0.25, -0.2) is 0 Å². The molecule has 0 aliphatic carbocycles. The van der Waals surface area contributed by atoms with Crippen LogP contribution in [-0.4, -0.2) is 24.0 Å². The lowest BCUT2D eigenvalue weighted by atomic mass is 9.95. The van der Waals surface area contributed by atoms with E-state index in [1.807, 2.05) is 18.2 Å². The van der Waals surface area contributed by atoms with Crippen molar-refractivity contribution in [1.82, 2.24) is 15.6 Å². The summed E-state index contributed by atoms with van der Waals surface area (Å²) >= 11 is 0. The first-order valence-electron chi connectivity index (χ1n) is 8.70. The molecule has 1 saturated heterocycles. The Hall–Kier alpha value is -2.20. The van der Waals surface area contributed by atoms with Gasteiger partial charge >= 0.3 is 0 Å². The Bertz CT molecular complexity index is 648. The van der Waals surface area contributed by atoms with E-state index in [0.717, 1.165) is 38.0 Å². The Morgan fingerprint density at radius 1 is 1.21 bits per heavy atom. The summed E-state index contributed by atoms with van der Waals surface area (Å²) in [5.41, 5.74) is 3.37. The Labute approximate surface area is 143 Å². The van der Waals surface area contributed by atoms with E-state index in [9.17, 15) is 4.79 Å². The van der Waals surface area contributed by atoms with Gasteiger partial charge in [0.1, 0.15) is 0 Å². The number of hydrogen-bond donors (Lipinski definition) is 2. The molecule has 1 aromatic carbocycles. The van der Waals surface area contributed by atoms with Crippen LogP contribution >= 0.6 is 0 Å². The summed E-state index contributed by atoms with van der Waals surface area (Å²) in [7, 11) is 0. The number of rotatable bonds is 5. The molecule has 4 heteroatoms. The van der Waals surface area contributed by atoms with Crippen LogP contribution in [-0.2, 0) is 11.2 Å². The monoisotopic (exact) mass is 323 g/mol. The molecule has 3 rings (SSSR count). The summed E-state index contributed by atoms with van der Waals surface area (Å²) in [4.78, 5) is 17.1. The minimum atomic E-state index is -0.0868. The summed E-state index contributed by atoms with van der Waals surface area (Å²) in [5.74, 6) is 0.259. The average molecular weight is 323 g/mol. The average Bonchev–Trinajstić information content (AvgIpc) is 2.64. The highest BCUT2D eigenvalue weighted by Gasteiger charge is 2.24. The van der Waals surface area contributed by atoms with Crippen molar-refractivity contribution in [1.29, 1.82) is 0 Å². The fourth-order valence-corrected chi connectivity index (χ4v) is 3.15. The van der Waals surface area contributed by atoms with E-state index in [1.165, 1.54) is 11.1 Å². The maximum Gasteiger partial charge on any atom is 0.223 e. The van der Waals surface area contributed by atoms with Crippen molar-refractivity contribution < 1.29 is 4.79 Å². The van der Waals surface area contributed by atoms with Gasteiger partial charge in [0.15, 0.2) is 0 Å². The highest BCUT2D eigenvalue weighted by atomic mass is 16.1. The van der Waals surface area contributed by atoms with E-state index in [-0.39, 0.29) is 17.9 Å². The number of nitrogens with one attached hydrogen (secondary N) is 2. The Morgan fingerprint density at radius 3 is 2.62 bits per heavy atom. The lowest BCUT2D eigenvalue weighted by molar-refractivity contribution is -0.126. The van der Waals surface area contributed by atoms with Gasteiger partial charge in [-0.3, -0.25) is 9.78 Å². The van der Waals surface area contributed by atoms with Gasteiger partial charge in [0.05, 0.1) is 11.7 Å². The highest BCUT2D eigenvalue weighted by molar-refractivity contribution is 5.79. The summed E-state index contributed by atoms with van der Waals surface area (Å²) in [6.45, 7) is 3.92. The van der Waals surface area contributed by atoms with Crippen LogP contribution in [0.1, 0.15) is 35.7 Å². The second kappa shape index (κ2) is 8.06. The molecular weight excluding hydrogens is 298 g/mol. The zero-order valence-corrected chi connectivity index (χ0v) is 14.2. The fraction of sp³-hybridized carbons (Fsp3) is 0.400. The number of nitrogens with zero attached hydrogens (tertiary/aromatic N) is 1. The number of carbonyl (C=O) groups is 1. The van der Waals surface area contributed by atoms with Crippen molar-refractivity contribution in [2.45, 2.75) is 32.2 Å². The fourth-order valence-electron chi connectivity index (χ4n) is 3.15. The van der Waals surface area contributed by atoms with Crippen molar-refractivity contribution in [3.63, 3.8) is 0 Å². The van der Waals surface area contributed by atoms with Crippen molar-refractivity contribution >= 4 is 5.91 Å². The van der Waals surface area contributed by atoms with Crippen LogP contribution in [0.25, 0.3) is 0 Å². The van der Waals surface area contributed by atoms with Gasteiger partial charge in [-0.05, 0) is 57.0 Å². The molecule has 1 unspecified atom stereocenters. The largest absolute Gasteiger partial charge is 0.347 e. The van der Waals surface area contributed by atoms with E-state index in [2.05, 4.69) is 46.8 Å². The quantitative estimate of drug-likeness (QED) is 0.889. The zero-order chi connectivity index (χ0) is 16.8. The Morgan fingerprint density at radius 2 is 1.96 bits per heavy atom. The molecule has 0 saturated carbocycles. The zero-order valence-electron chi connectivity index (χ0n) is 14.2. The van der Waals surface area contributed by atoms with Crippen LogP contribution in [0.3, 0.4) is 0 Å². The second-order valence-electron chi connectivity index (χ2n) is 6.53. The lowest BCUT2D eigenvalue weighted by Crippen LogP contribution is -2.40. The van der Waals surface area contributed by atoms with Crippen molar-refractivity contribution in [3.05, 3.63) is 65.5 Å². The molecule has 2 N–H and O–H groups in total. The third-order valence-electron chi connectivity index (χ3n) is 4.63. The molecule has 1 fully saturated rings. The van der Waals surface area contributed by atoms with Crippen molar-refractivity contribution in [2.24, 2.45) is 5.92 Å². The molecular formula is C20H25N3O. The van der Waals surface area contributed by atoms with Crippen LogP contribution < -0.4 is 10.6 Å². The number of aromatic nitrogens is 1. The van der Waals surface area contributed by atoms with Gasteiger partial charge in [-0.2, -0.15) is 0 Å². The molecule has 24 heavy (non-hydrogen) atoms. The molecule has 4 nitrogen and oxygen atoms in total.